The van der Waals surface area contributed by atoms with E-state index >= 15 is 0 Å². The molecule has 3 nitrogen and oxygen atoms in total. The zero-order valence-electron chi connectivity index (χ0n) is 14.0. The van der Waals surface area contributed by atoms with Crippen LogP contribution in [0.3, 0.4) is 0 Å². The molecule has 2 aromatic rings. The SMILES string of the molecule is Cc1cccc(N2CC(O)(c3ccc(Cl)cc3)[N+]3=C2SCCC3)c1.[Br-]. The highest BCUT2D eigenvalue weighted by Crippen LogP contribution is 2.37. The summed E-state index contributed by atoms with van der Waals surface area (Å²) in [5.74, 6) is 1.09. The van der Waals surface area contributed by atoms with Gasteiger partial charge in [0.2, 0.25) is 0 Å². The summed E-state index contributed by atoms with van der Waals surface area (Å²) >= 11 is 7.85. The summed E-state index contributed by atoms with van der Waals surface area (Å²) < 4.78 is 2.15. The van der Waals surface area contributed by atoms with Crippen LogP contribution in [0.1, 0.15) is 17.5 Å². The number of aryl methyl sites for hydroxylation is 1. The van der Waals surface area contributed by atoms with Gasteiger partial charge in [0.05, 0.1) is 6.54 Å². The summed E-state index contributed by atoms with van der Waals surface area (Å²) in [7, 11) is 0. The number of thioether (sulfide) groups is 1. The smallest absolute Gasteiger partial charge is 0.316 e. The van der Waals surface area contributed by atoms with Crippen LogP contribution in [0.2, 0.25) is 5.02 Å². The lowest BCUT2D eigenvalue weighted by atomic mass is 10.0. The summed E-state index contributed by atoms with van der Waals surface area (Å²) in [6.07, 6.45) is 1.08. The molecule has 4 rings (SSSR count). The van der Waals surface area contributed by atoms with E-state index in [1.807, 2.05) is 36.0 Å². The molecule has 132 valence electrons. The molecule has 0 bridgehead atoms. The highest BCUT2D eigenvalue weighted by molar-refractivity contribution is 8.13. The molecule has 6 heteroatoms. The van der Waals surface area contributed by atoms with Crippen LogP contribution in [-0.4, -0.2) is 33.7 Å². The van der Waals surface area contributed by atoms with E-state index in [4.69, 9.17) is 11.6 Å². The number of aliphatic hydroxyl groups is 1. The van der Waals surface area contributed by atoms with E-state index in [0.29, 0.717) is 11.6 Å². The number of anilines is 1. The van der Waals surface area contributed by atoms with Crippen molar-refractivity contribution in [2.45, 2.75) is 19.1 Å². The van der Waals surface area contributed by atoms with Crippen LogP contribution >= 0.6 is 23.4 Å². The average Bonchev–Trinajstić information content (AvgIpc) is 2.90. The maximum atomic E-state index is 11.6. The minimum atomic E-state index is -1.02. The zero-order chi connectivity index (χ0) is 16.7. The first-order valence-corrected chi connectivity index (χ1v) is 9.54. The average molecular weight is 440 g/mol. The van der Waals surface area contributed by atoms with Gasteiger partial charge in [-0.1, -0.05) is 35.9 Å². The summed E-state index contributed by atoms with van der Waals surface area (Å²) in [6, 6.07) is 16.0. The molecule has 0 saturated heterocycles. The Balaban J connectivity index is 0.00000182. The van der Waals surface area contributed by atoms with Gasteiger partial charge in [-0.3, -0.25) is 0 Å². The molecule has 2 heterocycles. The molecule has 0 saturated carbocycles. The third kappa shape index (κ3) is 3.35. The molecule has 0 spiro atoms. The summed E-state index contributed by atoms with van der Waals surface area (Å²) in [6.45, 7) is 3.49. The van der Waals surface area contributed by atoms with Gasteiger partial charge < -0.3 is 22.1 Å². The number of β-amino-alcohol motifs (C(OH)–C–C–N with tert-alkyl or cyclic N) is 1. The van der Waals surface area contributed by atoms with Crippen molar-refractivity contribution in [3.8, 4) is 0 Å². The third-order valence-electron chi connectivity index (χ3n) is 4.66. The second-order valence-corrected chi connectivity index (χ2v) is 7.88. The van der Waals surface area contributed by atoms with Crippen molar-refractivity contribution in [1.82, 2.24) is 0 Å². The molecular weight excluding hydrogens is 420 g/mol. The Morgan fingerprint density at radius 3 is 2.68 bits per heavy atom. The van der Waals surface area contributed by atoms with Crippen molar-refractivity contribution in [1.29, 1.82) is 0 Å². The molecule has 0 fully saturated rings. The lowest BCUT2D eigenvalue weighted by Gasteiger charge is -2.24. The lowest BCUT2D eigenvalue weighted by molar-refractivity contribution is -0.656. The number of hydrogen-bond acceptors (Lipinski definition) is 3. The van der Waals surface area contributed by atoms with Gasteiger partial charge >= 0.3 is 5.17 Å². The largest absolute Gasteiger partial charge is 1.00 e. The van der Waals surface area contributed by atoms with Crippen molar-refractivity contribution in [2.24, 2.45) is 0 Å². The Hall–Kier alpha value is -1.01. The summed E-state index contributed by atoms with van der Waals surface area (Å²) in [5.41, 5.74) is 2.23. The molecule has 2 aliphatic heterocycles. The normalized spacial score (nSPS) is 22.6. The van der Waals surface area contributed by atoms with Gasteiger partial charge in [0.25, 0.3) is 5.72 Å². The van der Waals surface area contributed by atoms with E-state index in [1.165, 1.54) is 5.56 Å². The molecule has 2 aromatic carbocycles. The van der Waals surface area contributed by atoms with Crippen molar-refractivity contribution in [3.05, 3.63) is 64.7 Å². The van der Waals surface area contributed by atoms with Crippen molar-refractivity contribution >= 4 is 34.2 Å². The quantitative estimate of drug-likeness (QED) is 0.702. The predicted molar refractivity (Wildman–Crippen MR) is 101 cm³/mol. The first kappa shape index (κ1) is 18.8. The van der Waals surface area contributed by atoms with E-state index in [-0.39, 0.29) is 17.0 Å². The van der Waals surface area contributed by atoms with Crippen molar-refractivity contribution in [3.63, 3.8) is 0 Å². The van der Waals surface area contributed by atoms with Crippen LogP contribution < -0.4 is 21.9 Å². The number of hydrogen-bond donors (Lipinski definition) is 1. The minimum Gasteiger partial charge on any atom is -1.00 e. The number of nitrogens with zero attached hydrogens (tertiary/aromatic N) is 2. The molecule has 0 aromatic heterocycles. The van der Waals surface area contributed by atoms with E-state index in [1.54, 1.807) is 0 Å². The standard InChI is InChI=1S/C19H20ClN2OS.BrH/c1-14-4-2-5-17(12-14)21-13-19(23,15-6-8-16(20)9-7-15)22-10-3-11-24-18(21)22;/h2,4-9,12,23H,3,10-11,13H2,1H3;1H/q+1;/p-1. The van der Waals surface area contributed by atoms with Gasteiger partial charge in [-0.15, -0.1) is 0 Å². The van der Waals surface area contributed by atoms with Crippen molar-refractivity contribution in [2.75, 3.05) is 23.7 Å². The second kappa shape index (κ2) is 7.31. The maximum absolute atomic E-state index is 11.6. The lowest BCUT2D eigenvalue weighted by Crippen LogP contribution is -3.00. The number of amidine groups is 1. The predicted octanol–water partition coefficient (Wildman–Crippen LogP) is 0.823. The molecule has 1 atom stereocenters. The Labute approximate surface area is 168 Å². The first-order chi connectivity index (χ1) is 11.6. The van der Waals surface area contributed by atoms with Gasteiger partial charge in [0, 0.05) is 16.3 Å². The van der Waals surface area contributed by atoms with E-state index < -0.39 is 5.72 Å². The van der Waals surface area contributed by atoms with Gasteiger partial charge in [0.1, 0.15) is 5.69 Å². The second-order valence-electron chi connectivity index (χ2n) is 6.38. The van der Waals surface area contributed by atoms with E-state index in [9.17, 15) is 5.11 Å². The molecule has 0 radical (unpaired) electrons. The first-order valence-electron chi connectivity index (χ1n) is 8.18. The van der Waals surface area contributed by atoms with E-state index in [0.717, 1.165) is 35.1 Å². The van der Waals surface area contributed by atoms with Gasteiger partial charge in [-0.25, -0.2) is 9.48 Å². The van der Waals surface area contributed by atoms with Crippen LogP contribution in [-0.2, 0) is 5.72 Å². The molecule has 0 aliphatic carbocycles. The highest BCUT2D eigenvalue weighted by atomic mass is 79.9. The Morgan fingerprint density at radius 2 is 1.96 bits per heavy atom. The van der Waals surface area contributed by atoms with Gasteiger partial charge in [-0.05, 0) is 54.9 Å². The molecule has 2 aliphatic rings. The number of rotatable bonds is 2. The number of benzene rings is 2. The fourth-order valence-corrected chi connectivity index (χ4v) is 4.77. The van der Waals surface area contributed by atoms with Crippen LogP contribution in [0, 0.1) is 6.92 Å². The van der Waals surface area contributed by atoms with Crippen LogP contribution in [0.15, 0.2) is 48.5 Å². The molecule has 25 heavy (non-hydrogen) atoms. The monoisotopic (exact) mass is 438 g/mol. The van der Waals surface area contributed by atoms with E-state index in [2.05, 4.69) is 40.7 Å². The Bertz CT molecular complexity index is 811. The fraction of sp³-hybridized carbons (Fsp3) is 0.316. The molecule has 0 amide bonds. The Kier molecular flexibility index (Phi) is 5.49. The van der Waals surface area contributed by atoms with Gasteiger partial charge in [0.15, 0.2) is 6.54 Å². The van der Waals surface area contributed by atoms with Crippen molar-refractivity contribution < 1.29 is 26.7 Å². The topological polar surface area (TPSA) is 26.5 Å². The minimum absolute atomic E-state index is 0. The molecule has 1 unspecified atom stereocenters. The third-order valence-corrected chi connectivity index (χ3v) is 6.11. The van der Waals surface area contributed by atoms with Crippen LogP contribution in [0.25, 0.3) is 0 Å². The number of halogens is 2. The van der Waals surface area contributed by atoms with Crippen LogP contribution in [0.4, 0.5) is 5.69 Å². The fourth-order valence-electron chi connectivity index (χ4n) is 3.46. The zero-order valence-corrected chi connectivity index (χ0v) is 17.1. The molecule has 1 N–H and O–H groups in total. The highest BCUT2D eigenvalue weighted by Gasteiger charge is 2.53. The van der Waals surface area contributed by atoms with Gasteiger partial charge in [-0.2, -0.15) is 0 Å². The summed E-state index contributed by atoms with van der Waals surface area (Å²) in [5, 5.41) is 13.4. The molecular formula is C19H20BrClN2OS. The Morgan fingerprint density at radius 1 is 1.20 bits per heavy atom. The van der Waals surface area contributed by atoms with Crippen LogP contribution in [0.5, 0.6) is 0 Å². The summed E-state index contributed by atoms with van der Waals surface area (Å²) in [4.78, 5) is 2.24. The maximum Gasteiger partial charge on any atom is 0.316 e.